The molecule has 0 aliphatic carbocycles. The molecule has 0 aromatic heterocycles. The van der Waals surface area contributed by atoms with Crippen molar-refractivity contribution in [3.63, 3.8) is 0 Å². The lowest BCUT2D eigenvalue weighted by atomic mass is 10.2. The summed E-state index contributed by atoms with van der Waals surface area (Å²) in [5, 5.41) is 0.634. The van der Waals surface area contributed by atoms with E-state index >= 15 is 0 Å². The van der Waals surface area contributed by atoms with Crippen LogP contribution in [0.5, 0.6) is 5.75 Å². The highest BCUT2D eigenvalue weighted by atomic mass is 35.5. The monoisotopic (exact) mass is 317 g/mol. The lowest BCUT2D eigenvalue weighted by Crippen LogP contribution is -2.31. The normalized spacial score (nSPS) is 10.1. The SMILES string of the molecule is CN(Cc1cccc(Cl)c1)C(=O)COc1ccccc1C=O. The predicted molar refractivity (Wildman–Crippen MR) is 85.3 cm³/mol. The van der Waals surface area contributed by atoms with Crippen LogP contribution in [0.3, 0.4) is 0 Å². The van der Waals surface area contributed by atoms with E-state index in [1.165, 1.54) is 0 Å². The van der Waals surface area contributed by atoms with Crippen molar-refractivity contribution in [2.75, 3.05) is 13.7 Å². The van der Waals surface area contributed by atoms with Gasteiger partial charge in [0.1, 0.15) is 5.75 Å². The van der Waals surface area contributed by atoms with Crippen molar-refractivity contribution in [3.05, 3.63) is 64.7 Å². The number of halogens is 1. The van der Waals surface area contributed by atoms with Gasteiger partial charge in [0, 0.05) is 18.6 Å². The van der Waals surface area contributed by atoms with E-state index < -0.39 is 0 Å². The Morgan fingerprint density at radius 2 is 2.00 bits per heavy atom. The standard InChI is InChI=1S/C17H16ClNO3/c1-19(10-13-5-4-7-15(18)9-13)17(21)12-22-16-8-3-2-6-14(16)11-20/h2-9,11H,10,12H2,1H3. The summed E-state index contributed by atoms with van der Waals surface area (Å²) in [7, 11) is 1.69. The first-order chi connectivity index (χ1) is 10.6. The van der Waals surface area contributed by atoms with Crippen molar-refractivity contribution in [1.82, 2.24) is 4.90 Å². The second kappa shape index (κ2) is 7.61. The van der Waals surface area contributed by atoms with Gasteiger partial charge in [-0.25, -0.2) is 0 Å². The van der Waals surface area contributed by atoms with Crippen molar-refractivity contribution < 1.29 is 14.3 Å². The minimum absolute atomic E-state index is 0.123. The van der Waals surface area contributed by atoms with Crippen LogP contribution in [0, 0.1) is 0 Å². The Hall–Kier alpha value is -2.33. The molecule has 5 heteroatoms. The average molecular weight is 318 g/mol. The maximum absolute atomic E-state index is 12.1. The molecule has 22 heavy (non-hydrogen) atoms. The van der Waals surface area contributed by atoms with Gasteiger partial charge in [-0.15, -0.1) is 0 Å². The van der Waals surface area contributed by atoms with E-state index in [0.717, 1.165) is 5.56 Å². The zero-order valence-electron chi connectivity index (χ0n) is 12.2. The van der Waals surface area contributed by atoms with Crippen molar-refractivity contribution in [3.8, 4) is 5.75 Å². The summed E-state index contributed by atoms with van der Waals surface area (Å²) in [6.45, 7) is 0.319. The van der Waals surface area contributed by atoms with E-state index in [2.05, 4.69) is 0 Å². The van der Waals surface area contributed by atoms with Gasteiger partial charge in [0.05, 0.1) is 5.56 Å². The Balaban J connectivity index is 1.93. The molecule has 0 aliphatic rings. The van der Waals surface area contributed by atoms with Gasteiger partial charge < -0.3 is 9.64 Å². The number of likely N-dealkylation sites (N-methyl/N-ethyl adjacent to an activating group) is 1. The van der Waals surface area contributed by atoms with Gasteiger partial charge in [0.25, 0.3) is 5.91 Å². The number of ether oxygens (including phenoxy) is 1. The van der Waals surface area contributed by atoms with Crippen LogP contribution in [0.25, 0.3) is 0 Å². The third-order valence-corrected chi connectivity index (χ3v) is 3.37. The molecule has 0 unspecified atom stereocenters. The Morgan fingerprint density at radius 3 is 2.73 bits per heavy atom. The molecule has 0 heterocycles. The smallest absolute Gasteiger partial charge is 0.260 e. The molecule has 0 saturated carbocycles. The fraction of sp³-hybridized carbons (Fsp3) is 0.176. The molecule has 2 aromatic carbocycles. The zero-order chi connectivity index (χ0) is 15.9. The fourth-order valence-corrected chi connectivity index (χ4v) is 2.17. The summed E-state index contributed by atoms with van der Waals surface area (Å²) < 4.78 is 5.42. The van der Waals surface area contributed by atoms with E-state index in [1.807, 2.05) is 18.2 Å². The molecule has 4 nitrogen and oxygen atoms in total. The first-order valence-corrected chi connectivity index (χ1v) is 7.13. The van der Waals surface area contributed by atoms with Crippen LogP contribution < -0.4 is 4.74 Å². The highest BCUT2D eigenvalue weighted by Gasteiger charge is 2.11. The number of nitrogens with zero attached hydrogens (tertiary/aromatic N) is 1. The minimum Gasteiger partial charge on any atom is -0.483 e. The third kappa shape index (κ3) is 4.33. The van der Waals surface area contributed by atoms with Gasteiger partial charge in [0.2, 0.25) is 0 Å². The van der Waals surface area contributed by atoms with Crippen LogP contribution in [0.15, 0.2) is 48.5 Å². The Labute approximate surface area is 134 Å². The summed E-state index contributed by atoms with van der Waals surface area (Å²) in [6.07, 6.45) is 0.704. The van der Waals surface area contributed by atoms with Crippen LogP contribution >= 0.6 is 11.6 Å². The molecule has 0 radical (unpaired) electrons. The highest BCUT2D eigenvalue weighted by molar-refractivity contribution is 6.30. The van der Waals surface area contributed by atoms with Gasteiger partial charge in [0.15, 0.2) is 12.9 Å². The minimum atomic E-state index is -0.180. The number of rotatable bonds is 6. The van der Waals surface area contributed by atoms with Gasteiger partial charge in [-0.2, -0.15) is 0 Å². The van der Waals surface area contributed by atoms with Crippen LogP contribution in [0.2, 0.25) is 5.02 Å². The van der Waals surface area contributed by atoms with E-state index in [4.69, 9.17) is 16.3 Å². The van der Waals surface area contributed by atoms with Crippen molar-refractivity contribution in [1.29, 1.82) is 0 Å². The number of carbonyl (C=O) groups is 2. The molecule has 2 rings (SSSR count). The zero-order valence-corrected chi connectivity index (χ0v) is 12.9. The number of hydrogen-bond donors (Lipinski definition) is 0. The van der Waals surface area contributed by atoms with Crippen molar-refractivity contribution >= 4 is 23.8 Å². The summed E-state index contributed by atoms with van der Waals surface area (Å²) >= 11 is 5.92. The van der Waals surface area contributed by atoms with Crippen LogP contribution in [-0.2, 0) is 11.3 Å². The lowest BCUT2D eigenvalue weighted by Gasteiger charge is -2.18. The fourth-order valence-electron chi connectivity index (χ4n) is 1.96. The largest absolute Gasteiger partial charge is 0.483 e. The van der Waals surface area contributed by atoms with Gasteiger partial charge in [-0.05, 0) is 29.8 Å². The number of benzene rings is 2. The van der Waals surface area contributed by atoms with Crippen LogP contribution in [0.4, 0.5) is 0 Å². The van der Waals surface area contributed by atoms with Crippen molar-refractivity contribution in [2.45, 2.75) is 6.54 Å². The third-order valence-electron chi connectivity index (χ3n) is 3.13. The molecule has 0 spiro atoms. The van der Waals surface area contributed by atoms with E-state index in [1.54, 1.807) is 42.3 Å². The van der Waals surface area contributed by atoms with Gasteiger partial charge in [-0.3, -0.25) is 9.59 Å². The lowest BCUT2D eigenvalue weighted by molar-refractivity contribution is -0.132. The molecule has 1 amide bonds. The summed E-state index contributed by atoms with van der Waals surface area (Å²) in [5.74, 6) is 0.225. The molecule has 0 atom stereocenters. The average Bonchev–Trinajstić information content (AvgIpc) is 2.52. The van der Waals surface area contributed by atoms with Gasteiger partial charge in [-0.1, -0.05) is 35.9 Å². The second-order valence-electron chi connectivity index (χ2n) is 4.82. The first-order valence-electron chi connectivity index (χ1n) is 6.75. The van der Waals surface area contributed by atoms with Crippen molar-refractivity contribution in [2.24, 2.45) is 0 Å². The summed E-state index contributed by atoms with van der Waals surface area (Å²) in [6, 6.07) is 14.1. The van der Waals surface area contributed by atoms with E-state index in [-0.39, 0.29) is 12.5 Å². The van der Waals surface area contributed by atoms with E-state index in [0.29, 0.717) is 29.2 Å². The second-order valence-corrected chi connectivity index (χ2v) is 5.26. The molecule has 0 saturated heterocycles. The number of hydrogen-bond acceptors (Lipinski definition) is 3. The Morgan fingerprint density at radius 1 is 1.23 bits per heavy atom. The Bertz CT molecular complexity index is 672. The first kappa shape index (κ1) is 16.0. The van der Waals surface area contributed by atoms with Gasteiger partial charge >= 0.3 is 0 Å². The molecule has 2 aromatic rings. The maximum atomic E-state index is 12.1. The van der Waals surface area contributed by atoms with E-state index in [9.17, 15) is 9.59 Å². The van der Waals surface area contributed by atoms with Crippen LogP contribution in [0.1, 0.15) is 15.9 Å². The number of amides is 1. The molecule has 0 aliphatic heterocycles. The quantitative estimate of drug-likeness (QED) is 0.769. The molecule has 0 fully saturated rings. The van der Waals surface area contributed by atoms with Crippen LogP contribution in [-0.4, -0.2) is 30.7 Å². The summed E-state index contributed by atoms with van der Waals surface area (Å²) in [5.41, 5.74) is 1.37. The molecule has 0 bridgehead atoms. The predicted octanol–water partition coefficient (Wildman–Crippen LogP) is 3.19. The number of carbonyl (C=O) groups excluding carboxylic acids is 2. The molecular weight excluding hydrogens is 302 g/mol. The number of para-hydroxylation sites is 1. The topological polar surface area (TPSA) is 46.6 Å². The molecule has 0 N–H and O–H groups in total. The molecule has 114 valence electrons. The Kier molecular flexibility index (Phi) is 5.55. The number of aldehydes is 1. The maximum Gasteiger partial charge on any atom is 0.260 e. The molecular formula is C17H16ClNO3. The summed E-state index contributed by atoms with van der Waals surface area (Å²) in [4.78, 5) is 24.5. The highest BCUT2D eigenvalue weighted by Crippen LogP contribution is 2.16.